The predicted octanol–water partition coefficient (Wildman–Crippen LogP) is 2.36. The van der Waals surface area contributed by atoms with Gasteiger partial charge in [0.25, 0.3) is 0 Å². The molecule has 0 fully saturated rings. The van der Waals surface area contributed by atoms with E-state index in [1.165, 1.54) is 12.4 Å². The molecule has 0 aliphatic heterocycles. The fourth-order valence-electron chi connectivity index (χ4n) is 1.09. The summed E-state index contributed by atoms with van der Waals surface area (Å²) < 4.78 is 5.44. The molecule has 6 heteroatoms. The van der Waals surface area contributed by atoms with Gasteiger partial charge in [-0.15, -0.1) is 0 Å². The van der Waals surface area contributed by atoms with Crippen LogP contribution in [0.1, 0.15) is 0 Å². The van der Waals surface area contributed by atoms with Gasteiger partial charge >= 0.3 is 0 Å². The van der Waals surface area contributed by atoms with Crippen molar-refractivity contribution in [2.45, 2.75) is 0 Å². The van der Waals surface area contributed by atoms with Gasteiger partial charge in [-0.05, 0) is 0 Å². The Balaban J connectivity index is 2.20. The second kappa shape index (κ2) is 4.76. The zero-order chi connectivity index (χ0) is 11.4. The zero-order valence-electron chi connectivity index (χ0n) is 8.51. The number of halogens is 1. The SMILES string of the molecule is CNc1cncc(Oc2cncc(Cl)c2)n1. The van der Waals surface area contributed by atoms with Crippen molar-refractivity contribution in [2.24, 2.45) is 0 Å². The third-order valence-corrected chi connectivity index (χ3v) is 1.98. The first-order valence-electron chi connectivity index (χ1n) is 4.56. The number of hydrogen-bond donors (Lipinski definition) is 1. The molecule has 0 spiro atoms. The normalized spacial score (nSPS) is 9.88. The van der Waals surface area contributed by atoms with Gasteiger partial charge in [0.2, 0.25) is 5.88 Å². The Kier molecular flexibility index (Phi) is 3.16. The van der Waals surface area contributed by atoms with E-state index in [4.69, 9.17) is 16.3 Å². The molecule has 16 heavy (non-hydrogen) atoms. The molecule has 0 aliphatic carbocycles. The molecule has 2 heterocycles. The first-order chi connectivity index (χ1) is 7.78. The number of nitrogens with zero attached hydrogens (tertiary/aromatic N) is 3. The van der Waals surface area contributed by atoms with E-state index in [0.29, 0.717) is 22.5 Å². The number of pyridine rings is 1. The summed E-state index contributed by atoms with van der Waals surface area (Å²) in [6.45, 7) is 0. The summed E-state index contributed by atoms with van der Waals surface area (Å²) >= 11 is 5.78. The molecule has 2 aromatic rings. The van der Waals surface area contributed by atoms with Crippen LogP contribution in [0.2, 0.25) is 5.02 Å². The molecular weight excluding hydrogens is 228 g/mol. The highest BCUT2D eigenvalue weighted by Crippen LogP contribution is 2.21. The average molecular weight is 237 g/mol. The second-order valence-electron chi connectivity index (χ2n) is 2.93. The highest BCUT2D eigenvalue weighted by Gasteiger charge is 2.01. The fourth-order valence-corrected chi connectivity index (χ4v) is 1.25. The molecule has 0 aromatic carbocycles. The van der Waals surface area contributed by atoms with Crippen molar-refractivity contribution < 1.29 is 4.74 Å². The standard InChI is InChI=1S/C10H9ClN4O/c1-12-9-5-14-6-10(15-9)16-8-2-7(11)3-13-4-8/h2-6H,1H3,(H,12,15). The number of rotatable bonds is 3. The van der Waals surface area contributed by atoms with E-state index in [1.807, 2.05) is 0 Å². The van der Waals surface area contributed by atoms with Gasteiger partial charge in [-0.1, -0.05) is 11.6 Å². The van der Waals surface area contributed by atoms with Crippen molar-refractivity contribution in [1.82, 2.24) is 15.0 Å². The molecule has 0 saturated heterocycles. The van der Waals surface area contributed by atoms with E-state index in [-0.39, 0.29) is 0 Å². The Hall–Kier alpha value is -1.88. The quantitative estimate of drug-likeness (QED) is 0.887. The van der Waals surface area contributed by atoms with Crippen molar-refractivity contribution in [3.63, 3.8) is 0 Å². The van der Waals surface area contributed by atoms with Gasteiger partial charge in [-0.25, -0.2) is 0 Å². The molecule has 0 unspecified atom stereocenters. The molecule has 2 rings (SSSR count). The number of aromatic nitrogens is 3. The molecular formula is C10H9ClN4O. The lowest BCUT2D eigenvalue weighted by molar-refractivity contribution is 0.459. The van der Waals surface area contributed by atoms with Crippen LogP contribution in [0, 0.1) is 0 Å². The van der Waals surface area contributed by atoms with Crippen molar-refractivity contribution in [2.75, 3.05) is 12.4 Å². The Morgan fingerprint density at radius 3 is 2.75 bits per heavy atom. The third kappa shape index (κ3) is 2.58. The molecule has 0 aliphatic rings. The smallest absolute Gasteiger partial charge is 0.239 e. The van der Waals surface area contributed by atoms with Gasteiger partial charge in [-0.3, -0.25) is 9.97 Å². The van der Waals surface area contributed by atoms with E-state index in [2.05, 4.69) is 20.3 Å². The van der Waals surface area contributed by atoms with E-state index in [1.54, 1.807) is 25.5 Å². The van der Waals surface area contributed by atoms with Crippen molar-refractivity contribution in [3.8, 4) is 11.6 Å². The third-order valence-electron chi connectivity index (χ3n) is 1.77. The molecule has 2 aromatic heterocycles. The van der Waals surface area contributed by atoms with Crippen LogP contribution in [0.4, 0.5) is 5.82 Å². The van der Waals surface area contributed by atoms with Gasteiger partial charge < -0.3 is 10.1 Å². The van der Waals surface area contributed by atoms with E-state index >= 15 is 0 Å². The minimum atomic E-state index is 0.385. The van der Waals surface area contributed by atoms with E-state index in [0.717, 1.165) is 0 Å². The number of ether oxygens (including phenoxy) is 1. The Bertz CT molecular complexity index is 492. The molecule has 5 nitrogen and oxygen atoms in total. The van der Waals surface area contributed by atoms with Gasteiger partial charge in [0, 0.05) is 19.3 Å². The molecule has 0 atom stereocenters. The first kappa shape index (κ1) is 10.6. The monoisotopic (exact) mass is 236 g/mol. The molecule has 1 N–H and O–H groups in total. The summed E-state index contributed by atoms with van der Waals surface area (Å²) in [4.78, 5) is 12.0. The summed E-state index contributed by atoms with van der Waals surface area (Å²) in [6.07, 6.45) is 6.20. The topological polar surface area (TPSA) is 59.9 Å². The lowest BCUT2D eigenvalue weighted by Gasteiger charge is -2.05. The van der Waals surface area contributed by atoms with Crippen LogP contribution in [0.25, 0.3) is 0 Å². The summed E-state index contributed by atoms with van der Waals surface area (Å²) in [6, 6.07) is 1.66. The first-order valence-corrected chi connectivity index (χ1v) is 4.94. The summed E-state index contributed by atoms with van der Waals surface area (Å²) in [5.74, 6) is 1.54. The fraction of sp³-hybridized carbons (Fsp3) is 0.100. The zero-order valence-corrected chi connectivity index (χ0v) is 9.27. The predicted molar refractivity (Wildman–Crippen MR) is 60.9 cm³/mol. The van der Waals surface area contributed by atoms with Crippen molar-refractivity contribution >= 4 is 17.4 Å². The number of hydrogen-bond acceptors (Lipinski definition) is 5. The minimum Gasteiger partial charge on any atom is -0.436 e. The molecule has 0 amide bonds. The second-order valence-corrected chi connectivity index (χ2v) is 3.37. The molecule has 0 saturated carbocycles. The van der Waals surface area contributed by atoms with E-state index < -0.39 is 0 Å². The van der Waals surface area contributed by atoms with Crippen LogP contribution in [0.3, 0.4) is 0 Å². The molecule has 82 valence electrons. The lowest BCUT2D eigenvalue weighted by Crippen LogP contribution is -1.95. The van der Waals surface area contributed by atoms with Crippen LogP contribution in [0.15, 0.2) is 30.9 Å². The number of anilines is 1. The van der Waals surface area contributed by atoms with Crippen LogP contribution in [-0.4, -0.2) is 22.0 Å². The van der Waals surface area contributed by atoms with Gasteiger partial charge in [-0.2, -0.15) is 4.98 Å². The van der Waals surface area contributed by atoms with Crippen LogP contribution >= 0.6 is 11.6 Å². The van der Waals surface area contributed by atoms with Crippen LogP contribution in [-0.2, 0) is 0 Å². The maximum absolute atomic E-state index is 5.78. The molecule has 0 radical (unpaired) electrons. The highest BCUT2D eigenvalue weighted by molar-refractivity contribution is 6.30. The highest BCUT2D eigenvalue weighted by atomic mass is 35.5. The lowest BCUT2D eigenvalue weighted by atomic mass is 10.4. The Morgan fingerprint density at radius 2 is 2.00 bits per heavy atom. The van der Waals surface area contributed by atoms with Crippen molar-refractivity contribution in [3.05, 3.63) is 35.9 Å². The Morgan fingerprint density at radius 1 is 1.19 bits per heavy atom. The van der Waals surface area contributed by atoms with E-state index in [9.17, 15) is 0 Å². The maximum Gasteiger partial charge on any atom is 0.239 e. The van der Waals surface area contributed by atoms with Gasteiger partial charge in [0.1, 0.15) is 11.6 Å². The summed E-state index contributed by atoms with van der Waals surface area (Å²) in [7, 11) is 1.76. The average Bonchev–Trinajstić information content (AvgIpc) is 2.29. The Labute approximate surface area is 97.5 Å². The van der Waals surface area contributed by atoms with Gasteiger partial charge in [0.15, 0.2) is 0 Å². The maximum atomic E-state index is 5.78. The summed E-state index contributed by atoms with van der Waals surface area (Å²) in [5, 5.41) is 3.38. The largest absolute Gasteiger partial charge is 0.436 e. The minimum absolute atomic E-state index is 0.385. The van der Waals surface area contributed by atoms with Crippen LogP contribution in [0.5, 0.6) is 11.6 Å². The molecule has 0 bridgehead atoms. The summed E-state index contributed by atoms with van der Waals surface area (Å²) in [5.41, 5.74) is 0. The van der Waals surface area contributed by atoms with Gasteiger partial charge in [0.05, 0.1) is 23.6 Å². The van der Waals surface area contributed by atoms with Crippen molar-refractivity contribution in [1.29, 1.82) is 0 Å². The van der Waals surface area contributed by atoms with Crippen LogP contribution < -0.4 is 10.1 Å². The number of nitrogens with one attached hydrogen (secondary N) is 1.